The topological polar surface area (TPSA) is 106 Å². The van der Waals surface area contributed by atoms with Gasteiger partial charge in [0.05, 0.1) is 29.4 Å². The van der Waals surface area contributed by atoms with Gasteiger partial charge in [0, 0.05) is 12.4 Å². The van der Waals surface area contributed by atoms with Crippen LogP contribution in [0.1, 0.15) is 26.6 Å². The van der Waals surface area contributed by atoms with E-state index in [1.54, 1.807) is 60.7 Å². The molecule has 2 aromatic carbocycles. The van der Waals surface area contributed by atoms with E-state index in [1.807, 2.05) is 0 Å². The number of nitrogens with one attached hydrogen (secondary N) is 2. The van der Waals surface area contributed by atoms with Gasteiger partial charge in [0.15, 0.2) is 5.69 Å². The summed E-state index contributed by atoms with van der Waals surface area (Å²) in [7, 11) is 1.49. The Morgan fingerprint density at radius 1 is 0.967 bits per heavy atom. The van der Waals surface area contributed by atoms with E-state index in [0.29, 0.717) is 27.8 Å². The molecule has 2 N–H and O–H groups in total. The van der Waals surface area contributed by atoms with Crippen LogP contribution in [-0.4, -0.2) is 21.6 Å². The molecule has 30 heavy (non-hydrogen) atoms. The highest BCUT2D eigenvalue weighted by molar-refractivity contribution is 6.13. The lowest BCUT2D eigenvalue weighted by Gasteiger charge is -2.12. The molecule has 150 valence electrons. The first-order chi connectivity index (χ1) is 14.5. The molecule has 2 amide bonds. The first-order valence-corrected chi connectivity index (χ1v) is 9.21. The summed E-state index contributed by atoms with van der Waals surface area (Å²) in [4.78, 5) is 37.9. The second-order valence-corrected chi connectivity index (χ2v) is 6.58. The van der Waals surface area contributed by atoms with Crippen molar-refractivity contribution in [2.45, 2.75) is 6.54 Å². The molecule has 0 radical (unpaired) electrons. The van der Waals surface area contributed by atoms with Crippen molar-refractivity contribution in [1.29, 1.82) is 0 Å². The number of aryl methyl sites for hydroxylation is 1. The van der Waals surface area contributed by atoms with E-state index in [4.69, 9.17) is 4.42 Å². The number of anilines is 1. The van der Waals surface area contributed by atoms with Crippen LogP contribution < -0.4 is 16.2 Å². The zero-order valence-electron chi connectivity index (χ0n) is 16.1. The molecule has 0 bridgehead atoms. The Kier molecular flexibility index (Phi) is 5.13. The summed E-state index contributed by atoms with van der Waals surface area (Å²) in [5.74, 6) is -0.264. The van der Waals surface area contributed by atoms with Crippen molar-refractivity contribution in [1.82, 2.24) is 15.1 Å². The lowest BCUT2D eigenvalue weighted by Crippen LogP contribution is -2.27. The monoisotopic (exact) mass is 402 g/mol. The SMILES string of the molecule is Cn1nc(C(=O)Nc2ccccc2C(=O)NCc2ccco2)c2ccccc2c1=O. The third-order valence-electron chi connectivity index (χ3n) is 4.59. The quantitative estimate of drug-likeness (QED) is 0.534. The van der Waals surface area contributed by atoms with Gasteiger partial charge in [-0.1, -0.05) is 30.3 Å². The summed E-state index contributed by atoms with van der Waals surface area (Å²) >= 11 is 0. The van der Waals surface area contributed by atoms with Gasteiger partial charge in [-0.15, -0.1) is 0 Å². The van der Waals surface area contributed by atoms with Crippen LogP contribution in [-0.2, 0) is 13.6 Å². The molecular weight excluding hydrogens is 384 g/mol. The predicted octanol–water partition coefficient (Wildman–Crippen LogP) is 2.71. The van der Waals surface area contributed by atoms with E-state index in [2.05, 4.69) is 15.7 Å². The van der Waals surface area contributed by atoms with Crippen LogP contribution in [0.15, 0.2) is 76.1 Å². The fourth-order valence-corrected chi connectivity index (χ4v) is 3.11. The molecule has 4 aromatic rings. The Labute approximate surface area is 171 Å². The summed E-state index contributed by atoms with van der Waals surface area (Å²) in [6, 6.07) is 16.9. The van der Waals surface area contributed by atoms with Crippen molar-refractivity contribution in [3.05, 3.63) is 94.3 Å². The number of aromatic nitrogens is 2. The first-order valence-electron chi connectivity index (χ1n) is 9.21. The Bertz CT molecular complexity index is 1290. The van der Waals surface area contributed by atoms with Gasteiger partial charge in [-0.25, -0.2) is 4.68 Å². The maximum absolute atomic E-state index is 13.0. The van der Waals surface area contributed by atoms with Crippen LogP contribution in [0.3, 0.4) is 0 Å². The van der Waals surface area contributed by atoms with Gasteiger partial charge in [-0.2, -0.15) is 5.10 Å². The van der Waals surface area contributed by atoms with Crippen LogP contribution >= 0.6 is 0 Å². The Morgan fingerprint density at radius 3 is 2.47 bits per heavy atom. The van der Waals surface area contributed by atoms with Gasteiger partial charge in [0.1, 0.15) is 5.76 Å². The van der Waals surface area contributed by atoms with E-state index in [0.717, 1.165) is 4.68 Å². The van der Waals surface area contributed by atoms with Gasteiger partial charge in [0.2, 0.25) is 0 Å². The zero-order valence-corrected chi connectivity index (χ0v) is 16.1. The minimum atomic E-state index is -0.520. The maximum atomic E-state index is 13.0. The number of amides is 2. The molecule has 4 rings (SSSR count). The number of benzene rings is 2. The van der Waals surface area contributed by atoms with E-state index in [-0.39, 0.29) is 23.7 Å². The number of carbonyl (C=O) groups excluding carboxylic acids is 2. The Hall–Kier alpha value is -4.20. The molecule has 0 unspecified atom stereocenters. The summed E-state index contributed by atoms with van der Waals surface area (Å²) < 4.78 is 6.34. The predicted molar refractivity (Wildman–Crippen MR) is 111 cm³/mol. The molecule has 8 nitrogen and oxygen atoms in total. The molecule has 0 aliphatic carbocycles. The van der Waals surface area contributed by atoms with Crippen LogP contribution in [0.5, 0.6) is 0 Å². The highest BCUT2D eigenvalue weighted by atomic mass is 16.3. The molecule has 0 saturated carbocycles. The minimum Gasteiger partial charge on any atom is -0.467 e. The first kappa shape index (κ1) is 19.1. The lowest BCUT2D eigenvalue weighted by molar-refractivity contribution is 0.0949. The molecule has 0 aliphatic rings. The number of furan rings is 1. The molecule has 0 spiro atoms. The van der Waals surface area contributed by atoms with Crippen LogP contribution in [0.25, 0.3) is 10.8 Å². The largest absolute Gasteiger partial charge is 0.467 e. The highest BCUT2D eigenvalue weighted by Crippen LogP contribution is 2.19. The molecule has 0 saturated heterocycles. The Balaban J connectivity index is 1.62. The smallest absolute Gasteiger partial charge is 0.276 e. The average molecular weight is 402 g/mol. The van der Waals surface area contributed by atoms with Crippen molar-refractivity contribution >= 4 is 28.3 Å². The molecule has 0 atom stereocenters. The number of hydrogen-bond donors (Lipinski definition) is 2. The molecular formula is C22H18N4O4. The van der Waals surface area contributed by atoms with E-state index < -0.39 is 5.91 Å². The van der Waals surface area contributed by atoms with E-state index in [9.17, 15) is 14.4 Å². The molecule has 0 aliphatic heterocycles. The number of fused-ring (bicyclic) bond motifs is 1. The van der Waals surface area contributed by atoms with Crippen molar-refractivity contribution < 1.29 is 14.0 Å². The van der Waals surface area contributed by atoms with Gasteiger partial charge in [0.25, 0.3) is 17.4 Å². The lowest BCUT2D eigenvalue weighted by atomic mass is 10.1. The third kappa shape index (κ3) is 3.70. The molecule has 8 heteroatoms. The van der Waals surface area contributed by atoms with Crippen LogP contribution in [0.2, 0.25) is 0 Å². The highest BCUT2D eigenvalue weighted by Gasteiger charge is 2.18. The minimum absolute atomic E-state index is 0.0958. The average Bonchev–Trinajstić information content (AvgIpc) is 3.28. The summed E-state index contributed by atoms with van der Waals surface area (Å²) in [6.07, 6.45) is 1.53. The molecule has 0 fully saturated rings. The number of hydrogen-bond acceptors (Lipinski definition) is 5. The Morgan fingerprint density at radius 2 is 1.70 bits per heavy atom. The van der Waals surface area contributed by atoms with Gasteiger partial charge >= 0.3 is 0 Å². The van der Waals surface area contributed by atoms with Gasteiger partial charge in [-0.05, 0) is 30.3 Å². The van der Waals surface area contributed by atoms with Gasteiger partial charge in [-0.3, -0.25) is 14.4 Å². The fraction of sp³-hybridized carbons (Fsp3) is 0.0909. The molecule has 2 aromatic heterocycles. The normalized spacial score (nSPS) is 10.7. The second kappa shape index (κ2) is 8.04. The number of nitrogens with zero attached hydrogens (tertiary/aromatic N) is 2. The second-order valence-electron chi connectivity index (χ2n) is 6.58. The number of para-hydroxylation sites is 1. The van der Waals surface area contributed by atoms with Crippen molar-refractivity contribution in [2.24, 2.45) is 7.05 Å². The van der Waals surface area contributed by atoms with Crippen molar-refractivity contribution in [3.8, 4) is 0 Å². The summed E-state index contributed by atoms with van der Waals surface area (Å²) in [5, 5.41) is 10.5. The van der Waals surface area contributed by atoms with Crippen LogP contribution in [0, 0.1) is 0 Å². The standard InChI is InChI=1S/C22H18N4O4/c1-26-22(29)16-9-3-2-8-15(16)19(25-26)21(28)24-18-11-5-4-10-17(18)20(27)23-13-14-7-6-12-30-14/h2-12H,13H2,1H3,(H,23,27)(H,24,28). The summed E-state index contributed by atoms with van der Waals surface area (Å²) in [6.45, 7) is 0.223. The van der Waals surface area contributed by atoms with Gasteiger partial charge < -0.3 is 15.1 Å². The van der Waals surface area contributed by atoms with Crippen molar-refractivity contribution in [2.75, 3.05) is 5.32 Å². The van der Waals surface area contributed by atoms with Crippen molar-refractivity contribution in [3.63, 3.8) is 0 Å². The third-order valence-corrected chi connectivity index (χ3v) is 4.59. The summed E-state index contributed by atoms with van der Waals surface area (Å²) in [5.41, 5.74) is 0.434. The number of rotatable bonds is 5. The van der Waals surface area contributed by atoms with E-state index in [1.165, 1.54) is 13.3 Å². The van der Waals surface area contributed by atoms with Crippen LogP contribution in [0.4, 0.5) is 5.69 Å². The maximum Gasteiger partial charge on any atom is 0.276 e. The fourth-order valence-electron chi connectivity index (χ4n) is 3.11. The number of carbonyl (C=O) groups is 2. The molecule has 2 heterocycles. The zero-order chi connectivity index (χ0) is 21.1. The van der Waals surface area contributed by atoms with E-state index >= 15 is 0 Å².